The van der Waals surface area contributed by atoms with Crippen LogP contribution in [0.2, 0.25) is 0 Å². The van der Waals surface area contributed by atoms with E-state index in [1.807, 2.05) is 0 Å². The largest absolute Gasteiger partial charge is 0.422 e. The molecule has 0 radical (unpaired) electrons. The summed E-state index contributed by atoms with van der Waals surface area (Å²) in [6.07, 6.45) is 0. The van der Waals surface area contributed by atoms with E-state index in [0.29, 0.717) is 5.69 Å². The second kappa shape index (κ2) is 4.55. The normalized spacial score (nSPS) is 12.2. The molecule has 1 aromatic rings. The van der Waals surface area contributed by atoms with Crippen LogP contribution >= 0.6 is 15.3 Å². The molecule has 0 fully saturated rings. The molecule has 10 heteroatoms. The zero-order valence-corrected chi connectivity index (χ0v) is 10.0. The van der Waals surface area contributed by atoms with Crippen LogP contribution in [-0.2, 0) is 9.13 Å². The summed E-state index contributed by atoms with van der Waals surface area (Å²) in [5.41, 5.74) is 20.7. The third-order valence-corrected chi connectivity index (χ3v) is 2.51. The molecule has 1 rings (SSSR count). The Kier molecular flexibility index (Phi) is 3.75. The highest BCUT2D eigenvalue weighted by Crippen LogP contribution is 2.32. The Hall–Kier alpha value is -0.880. The molecule has 1 aromatic carbocycles. The molecule has 0 saturated heterocycles. The van der Waals surface area contributed by atoms with Gasteiger partial charge in [-0.2, -0.15) is 0 Å². The van der Waals surface area contributed by atoms with Gasteiger partial charge >= 0.3 is 7.67 Å². The Morgan fingerprint density at radius 2 is 1.50 bits per heavy atom. The molecule has 8 nitrogen and oxygen atoms in total. The van der Waals surface area contributed by atoms with E-state index < -0.39 is 15.3 Å². The number of anilines is 1. The molecule has 16 heavy (non-hydrogen) atoms. The van der Waals surface area contributed by atoms with Crippen LogP contribution in [0.15, 0.2) is 24.3 Å². The molecule has 0 unspecified atom stereocenters. The van der Waals surface area contributed by atoms with E-state index in [-0.39, 0.29) is 5.75 Å². The first kappa shape index (κ1) is 13.2. The fourth-order valence-electron chi connectivity index (χ4n) is 0.957. The zero-order valence-electron chi connectivity index (χ0n) is 8.24. The molecule has 0 aliphatic carbocycles. The van der Waals surface area contributed by atoms with Crippen LogP contribution in [0.25, 0.3) is 0 Å². The lowest BCUT2D eigenvalue weighted by molar-refractivity contribution is 0.484. The standard InChI is InChI=1S/C6H13N5O3P2/c7-15(8,12)11-5-1-3-6(4-2-5)14-16(9,10)13/h1-4H,(H4,9,10,13)(H5,7,8,11,12). The quantitative estimate of drug-likeness (QED) is 0.492. The second-order valence-electron chi connectivity index (χ2n) is 3.08. The first-order valence-electron chi connectivity index (χ1n) is 4.08. The van der Waals surface area contributed by atoms with Gasteiger partial charge in [-0.15, -0.1) is 0 Å². The van der Waals surface area contributed by atoms with Gasteiger partial charge in [-0.1, -0.05) is 0 Å². The van der Waals surface area contributed by atoms with Crippen LogP contribution in [0.3, 0.4) is 0 Å². The van der Waals surface area contributed by atoms with Gasteiger partial charge in [0.15, 0.2) is 0 Å². The van der Waals surface area contributed by atoms with Crippen LogP contribution in [0.5, 0.6) is 5.75 Å². The summed E-state index contributed by atoms with van der Waals surface area (Å²) in [4.78, 5) is 0. The highest BCUT2D eigenvalue weighted by atomic mass is 31.2. The second-order valence-corrected chi connectivity index (χ2v) is 6.20. The summed E-state index contributed by atoms with van der Waals surface area (Å²) >= 11 is 0. The third kappa shape index (κ3) is 5.27. The third-order valence-electron chi connectivity index (χ3n) is 1.41. The van der Waals surface area contributed by atoms with Crippen molar-refractivity contribution >= 4 is 21.0 Å². The minimum Gasteiger partial charge on any atom is -0.422 e. The summed E-state index contributed by atoms with van der Waals surface area (Å²) in [5, 5.41) is 2.40. The maximum Gasteiger partial charge on any atom is 0.385 e. The predicted molar refractivity (Wildman–Crippen MR) is 62.7 cm³/mol. The molecule has 0 bridgehead atoms. The van der Waals surface area contributed by atoms with Gasteiger partial charge in [-0.3, -0.25) is 15.6 Å². The highest BCUT2D eigenvalue weighted by molar-refractivity contribution is 7.60. The summed E-state index contributed by atoms with van der Waals surface area (Å²) in [7, 11) is -6.91. The fraction of sp³-hybridized carbons (Fsp3) is 0. The van der Waals surface area contributed by atoms with Crippen molar-refractivity contribution in [3.63, 3.8) is 0 Å². The van der Waals surface area contributed by atoms with Gasteiger partial charge in [-0.25, -0.2) is 15.6 Å². The SMILES string of the molecule is NP(N)(=O)Nc1ccc(OP(N)(N)=O)cc1. The average Bonchev–Trinajstić information content (AvgIpc) is 2.03. The first-order valence-corrected chi connectivity index (χ1v) is 7.69. The van der Waals surface area contributed by atoms with Crippen LogP contribution in [-0.4, -0.2) is 0 Å². The fourth-order valence-corrected chi connectivity index (χ4v) is 1.96. The number of benzene rings is 1. The van der Waals surface area contributed by atoms with E-state index in [2.05, 4.69) is 5.09 Å². The molecular formula is C6H13N5O3P2. The topological polar surface area (TPSA) is 159 Å². The first-order chi connectivity index (χ1) is 7.16. The number of nitrogens with one attached hydrogen (secondary N) is 1. The molecule has 0 saturated carbocycles. The van der Waals surface area contributed by atoms with E-state index in [9.17, 15) is 9.13 Å². The summed E-state index contributed by atoms with van der Waals surface area (Å²) in [6.45, 7) is 0. The van der Waals surface area contributed by atoms with E-state index in [1.54, 1.807) is 0 Å². The van der Waals surface area contributed by atoms with Crippen molar-refractivity contribution in [2.45, 2.75) is 0 Å². The minimum absolute atomic E-state index is 0.225. The number of hydrogen-bond acceptors (Lipinski definition) is 3. The molecule has 0 aliphatic rings. The monoisotopic (exact) mass is 265 g/mol. The van der Waals surface area contributed by atoms with Gasteiger partial charge in [-0.05, 0) is 24.3 Å². The predicted octanol–water partition coefficient (Wildman–Crippen LogP) is 0.528. The Balaban J connectivity index is 2.76. The molecule has 90 valence electrons. The maximum absolute atomic E-state index is 11.0. The summed E-state index contributed by atoms with van der Waals surface area (Å²) in [5.74, 6) is 0.225. The van der Waals surface area contributed by atoms with Crippen molar-refractivity contribution in [3.8, 4) is 5.75 Å². The number of rotatable bonds is 4. The molecular weight excluding hydrogens is 252 g/mol. The van der Waals surface area contributed by atoms with E-state index in [1.165, 1.54) is 24.3 Å². The van der Waals surface area contributed by atoms with Crippen molar-refractivity contribution < 1.29 is 13.7 Å². The lowest BCUT2D eigenvalue weighted by atomic mass is 10.3. The Morgan fingerprint density at radius 3 is 1.88 bits per heavy atom. The van der Waals surface area contributed by atoms with E-state index >= 15 is 0 Å². The van der Waals surface area contributed by atoms with Crippen molar-refractivity contribution in [1.29, 1.82) is 0 Å². The molecule has 0 heterocycles. The van der Waals surface area contributed by atoms with Crippen LogP contribution in [0, 0.1) is 0 Å². The van der Waals surface area contributed by atoms with Gasteiger partial charge in [0.1, 0.15) is 5.75 Å². The Bertz CT molecular complexity index is 407. The molecule has 0 aliphatic heterocycles. The van der Waals surface area contributed by atoms with Gasteiger partial charge < -0.3 is 9.61 Å². The number of nitrogens with two attached hydrogens (primary N) is 4. The molecule has 9 N–H and O–H groups in total. The highest BCUT2D eigenvalue weighted by Gasteiger charge is 2.11. The smallest absolute Gasteiger partial charge is 0.385 e. The maximum atomic E-state index is 11.0. The van der Waals surface area contributed by atoms with Gasteiger partial charge in [0.2, 0.25) is 0 Å². The average molecular weight is 265 g/mol. The van der Waals surface area contributed by atoms with Gasteiger partial charge in [0, 0.05) is 5.69 Å². The van der Waals surface area contributed by atoms with Crippen molar-refractivity contribution in [2.24, 2.45) is 22.0 Å². The molecule has 0 aromatic heterocycles. The van der Waals surface area contributed by atoms with Gasteiger partial charge in [0.25, 0.3) is 7.59 Å². The Labute approximate surface area is 92.4 Å². The van der Waals surface area contributed by atoms with Gasteiger partial charge in [0.05, 0.1) is 0 Å². The van der Waals surface area contributed by atoms with Crippen molar-refractivity contribution in [2.75, 3.05) is 5.09 Å². The lowest BCUT2D eigenvalue weighted by Crippen LogP contribution is -2.13. The van der Waals surface area contributed by atoms with Crippen molar-refractivity contribution in [1.82, 2.24) is 0 Å². The molecule has 0 atom stereocenters. The van der Waals surface area contributed by atoms with E-state index in [4.69, 9.17) is 26.5 Å². The minimum atomic E-state index is -3.57. The van der Waals surface area contributed by atoms with Crippen molar-refractivity contribution in [3.05, 3.63) is 24.3 Å². The lowest BCUT2D eigenvalue weighted by Gasteiger charge is -2.12. The van der Waals surface area contributed by atoms with Crippen LogP contribution < -0.4 is 31.6 Å². The van der Waals surface area contributed by atoms with Crippen LogP contribution in [0.4, 0.5) is 5.69 Å². The summed E-state index contributed by atoms with van der Waals surface area (Å²) in [6, 6.07) is 5.84. The Morgan fingerprint density at radius 1 is 1.00 bits per heavy atom. The van der Waals surface area contributed by atoms with Crippen LogP contribution in [0.1, 0.15) is 0 Å². The summed E-state index contributed by atoms with van der Waals surface area (Å²) < 4.78 is 26.7. The van der Waals surface area contributed by atoms with E-state index in [0.717, 1.165) is 0 Å². The molecule has 0 spiro atoms. The molecule has 0 amide bonds. The number of hydrogen-bond donors (Lipinski definition) is 5. The zero-order chi connectivity index (χ0) is 12.4.